The van der Waals surface area contributed by atoms with Gasteiger partial charge in [0.25, 0.3) is 10.1 Å². The van der Waals surface area contributed by atoms with Crippen molar-refractivity contribution in [2.45, 2.75) is 58.3 Å². The third-order valence-corrected chi connectivity index (χ3v) is 3.51. The Bertz CT molecular complexity index is 318. The number of hydrogen-bond donors (Lipinski definition) is 0. The van der Waals surface area contributed by atoms with Crippen molar-refractivity contribution in [1.82, 2.24) is 0 Å². The van der Waals surface area contributed by atoms with Gasteiger partial charge in [-0.25, -0.2) is 0 Å². The average molecular weight is 274 g/mol. The third-order valence-electron chi connectivity index (χ3n) is 2.61. The van der Waals surface area contributed by atoms with E-state index < -0.39 is 10.1 Å². The molecule has 3 nitrogen and oxygen atoms in total. The van der Waals surface area contributed by atoms with Crippen molar-refractivity contribution in [3.05, 3.63) is 24.1 Å². The van der Waals surface area contributed by atoms with Crippen LogP contribution in [0.1, 0.15) is 58.3 Å². The molecule has 0 saturated carbocycles. The van der Waals surface area contributed by atoms with Gasteiger partial charge in [0.15, 0.2) is 0 Å². The van der Waals surface area contributed by atoms with E-state index in [0.717, 1.165) is 31.1 Å². The molecule has 0 radical (unpaired) electrons. The molecule has 0 aromatic heterocycles. The number of allylic oxidation sites excluding steroid dienone is 2. The van der Waals surface area contributed by atoms with Gasteiger partial charge in [-0.05, 0) is 32.1 Å². The summed E-state index contributed by atoms with van der Waals surface area (Å²) in [5.41, 5.74) is 0. The van der Waals surface area contributed by atoms with Gasteiger partial charge in [-0.1, -0.05) is 44.9 Å². The molecule has 106 valence electrons. The maximum atomic E-state index is 10.9. The molecule has 0 heterocycles. The molecular formula is C14H26O3S. The summed E-state index contributed by atoms with van der Waals surface area (Å²) in [4.78, 5) is 0. The highest BCUT2D eigenvalue weighted by atomic mass is 32.2. The number of unbranched alkanes of at least 4 members (excludes halogenated alkanes) is 6. The summed E-state index contributed by atoms with van der Waals surface area (Å²) in [6, 6.07) is 0. The molecule has 0 amide bonds. The van der Waals surface area contributed by atoms with Crippen LogP contribution in [0.5, 0.6) is 0 Å². The van der Waals surface area contributed by atoms with E-state index in [9.17, 15) is 8.42 Å². The zero-order chi connectivity index (χ0) is 13.7. The van der Waals surface area contributed by atoms with E-state index in [2.05, 4.69) is 29.8 Å². The van der Waals surface area contributed by atoms with E-state index in [1.165, 1.54) is 25.7 Å². The van der Waals surface area contributed by atoms with Crippen LogP contribution in [0.2, 0.25) is 0 Å². The normalized spacial score (nSPS) is 12.1. The summed E-state index contributed by atoms with van der Waals surface area (Å²) >= 11 is 0. The molecule has 0 atom stereocenters. The number of hydrogen-bond acceptors (Lipinski definition) is 3. The van der Waals surface area contributed by atoms with Crippen molar-refractivity contribution in [2.75, 3.05) is 6.61 Å². The van der Waals surface area contributed by atoms with Crippen LogP contribution < -0.4 is 0 Å². The molecule has 0 spiro atoms. The summed E-state index contributed by atoms with van der Waals surface area (Å²) in [7, 11) is -3.48. The second kappa shape index (κ2) is 11.5. The molecule has 0 aromatic rings. The molecule has 0 aliphatic rings. The molecule has 0 rings (SSSR count). The quantitative estimate of drug-likeness (QED) is 0.305. The van der Waals surface area contributed by atoms with E-state index >= 15 is 0 Å². The Hall–Kier alpha value is -0.610. The highest BCUT2D eigenvalue weighted by molar-refractivity contribution is 7.89. The Kier molecular flexibility index (Phi) is 11.1. The first-order valence-corrected chi connectivity index (χ1v) is 8.26. The standard InChI is InChI=1S/C14H26O3S/c1-3-5-6-7-8-9-10-11-12-13-14-17-18(15,16)4-2/h4,9-10H,2-3,5-8,11-14H2,1H3/b10-9-. The minimum atomic E-state index is -3.48. The van der Waals surface area contributed by atoms with Gasteiger partial charge in [0.2, 0.25) is 0 Å². The van der Waals surface area contributed by atoms with Gasteiger partial charge in [-0.2, -0.15) is 8.42 Å². The van der Waals surface area contributed by atoms with Crippen molar-refractivity contribution in [3.8, 4) is 0 Å². The predicted octanol–water partition coefficient (Wildman–Crippen LogP) is 4.17. The second-order valence-corrected chi connectivity index (χ2v) is 5.85. The molecule has 0 aromatic carbocycles. The van der Waals surface area contributed by atoms with Gasteiger partial charge in [0, 0.05) is 0 Å². The molecule has 0 unspecified atom stereocenters. The summed E-state index contributed by atoms with van der Waals surface area (Å²) in [5, 5.41) is 0.837. The van der Waals surface area contributed by atoms with Gasteiger partial charge in [0.05, 0.1) is 12.0 Å². The number of rotatable bonds is 12. The zero-order valence-corrected chi connectivity index (χ0v) is 12.3. The van der Waals surface area contributed by atoms with Crippen LogP contribution >= 0.6 is 0 Å². The molecule has 0 bridgehead atoms. The topological polar surface area (TPSA) is 43.4 Å². The van der Waals surface area contributed by atoms with Crippen molar-refractivity contribution < 1.29 is 12.6 Å². The molecular weight excluding hydrogens is 248 g/mol. The van der Waals surface area contributed by atoms with E-state index in [1.807, 2.05) is 0 Å². The van der Waals surface area contributed by atoms with Gasteiger partial charge >= 0.3 is 0 Å². The molecule has 0 N–H and O–H groups in total. The van der Waals surface area contributed by atoms with Crippen LogP contribution in [0.15, 0.2) is 24.1 Å². The summed E-state index contributed by atoms with van der Waals surface area (Å²) < 4.78 is 26.5. The molecule has 0 fully saturated rings. The highest BCUT2D eigenvalue weighted by Crippen LogP contribution is 2.05. The largest absolute Gasteiger partial charge is 0.289 e. The first-order valence-electron chi connectivity index (χ1n) is 6.79. The minimum Gasteiger partial charge on any atom is -0.267 e. The van der Waals surface area contributed by atoms with Crippen LogP contribution in [0.25, 0.3) is 0 Å². The SMILES string of the molecule is C=CS(=O)(=O)OCCCC/C=C\CCCCCC. The summed E-state index contributed by atoms with van der Waals surface area (Å²) in [6.07, 6.45) is 13.4. The van der Waals surface area contributed by atoms with Gasteiger partial charge in [-0.3, -0.25) is 4.18 Å². The maximum Gasteiger partial charge on any atom is 0.289 e. The lowest BCUT2D eigenvalue weighted by molar-refractivity contribution is 0.314. The van der Waals surface area contributed by atoms with Crippen molar-refractivity contribution in [2.24, 2.45) is 0 Å². The molecule has 4 heteroatoms. The molecule has 0 aliphatic carbocycles. The van der Waals surface area contributed by atoms with E-state index in [1.54, 1.807) is 0 Å². The second-order valence-electron chi connectivity index (χ2n) is 4.30. The minimum absolute atomic E-state index is 0.249. The summed E-state index contributed by atoms with van der Waals surface area (Å²) in [5.74, 6) is 0. The maximum absolute atomic E-state index is 10.9. The fourth-order valence-corrected chi connectivity index (χ4v) is 1.96. The molecule has 0 saturated heterocycles. The van der Waals surface area contributed by atoms with Crippen molar-refractivity contribution in [1.29, 1.82) is 0 Å². The Balaban J connectivity index is 3.30. The van der Waals surface area contributed by atoms with Crippen molar-refractivity contribution >= 4 is 10.1 Å². The predicted molar refractivity (Wildman–Crippen MR) is 76.8 cm³/mol. The molecule has 18 heavy (non-hydrogen) atoms. The van der Waals surface area contributed by atoms with Crippen LogP contribution in [-0.4, -0.2) is 15.0 Å². The first-order chi connectivity index (χ1) is 8.62. The lowest BCUT2D eigenvalue weighted by Gasteiger charge is -1.99. The zero-order valence-electron chi connectivity index (χ0n) is 11.4. The lowest BCUT2D eigenvalue weighted by atomic mass is 10.1. The molecule has 0 aliphatic heterocycles. The Morgan fingerprint density at radius 2 is 1.61 bits per heavy atom. The third kappa shape index (κ3) is 11.9. The lowest BCUT2D eigenvalue weighted by Crippen LogP contribution is -2.02. The van der Waals surface area contributed by atoms with Crippen LogP contribution in [-0.2, 0) is 14.3 Å². The average Bonchev–Trinajstić information content (AvgIpc) is 2.36. The summed E-state index contributed by atoms with van der Waals surface area (Å²) in [6.45, 7) is 5.64. The van der Waals surface area contributed by atoms with Gasteiger partial charge in [0.1, 0.15) is 0 Å². The monoisotopic (exact) mass is 274 g/mol. The highest BCUT2D eigenvalue weighted by Gasteiger charge is 2.02. The van der Waals surface area contributed by atoms with Crippen molar-refractivity contribution in [3.63, 3.8) is 0 Å². The Labute approximate surface area is 112 Å². The smallest absolute Gasteiger partial charge is 0.267 e. The van der Waals surface area contributed by atoms with E-state index in [0.29, 0.717) is 0 Å². The van der Waals surface area contributed by atoms with E-state index in [4.69, 9.17) is 0 Å². The van der Waals surface area contributed by atoms with Crippen LogP contribution in [0, 0.1) is 0 Å². The van der Waals surface area contributed by atoms with Crippen LogP contribution in [0.4, 0.5) is 0 Å². The Morgan fingerprint density at radius 1 is 1.00 bits per heavy atom. The fourth-order valence-electron chi connectivity index (χ4n) is 1.51. The van der Waals surface area contributed by atoms with Gasteiger partial charge in [-0.15, -0.1) is 0 Å². The van der Waals surface area contributed by atoms with Gasteiger partial charge < -0.3 is 0 Å². The first kappa shape index (κ1) is 17.4. The Morgan fingerprint density at radius 3 is 2.17 bits per heavy atom. The van der Waals surface area contributed by atoms with E-state index in [-0.39, 0.29) is 6.61 Å². The fraction of sp³-hybridized carbons (Fsp3) is 0.714. The van der Waals surface area contributed by atoms with Crippen LogP contribution in [0.3, 0.4) is 0 Å².